The number of carbonyl (C=O) groups is 3. The van der Waals surface area contributed by atoms with E-state index >= 15 is 0 Å². The molecule has 1 aliphatic rings. The molecule has 39 heavy (non-hydrogen) atoms. The summed E-state index contributed by atoms with van der Waals surface area (Å²) in [5.41, 5.74) is -4.18. The lowest BCUT2D eigenvalue weighted by Gasteiger charge is -2.24. The third-order valence-corrected chi connectivity index (χ3v) is 7.28. The molecular weight excluding hydrogens is 557 g/mol. The number of carboxylic acid groups (broad SMARTS) is 1. The van der Waals surface area contributed by atoms with Crippen LogP contribution in [0.15, 0.2) is 41.3 Å². The number of amides is 2. The summed E-state index contributed by atoms with van der Waals surface area (Å²) in [4.78, 5) is 37.2. The van der Waals surface area contributed by atoms with Crippen molar-refractivity contribution in [2.24, 2.45) is 11.8 Å². The number of carbonyl (C=O) groups excluding carboxylic acids is 2. The van der Waals surface area contributed by atoms with Crippen LogP contribution in [0.1, 0.15) is 31.7 Å². The first-order chi connectivity index (χ1) is 18.3. The lowest BCUT2D eigenvalue weighted by atomic mass is 9.82. The topological polar surface area (TPSA) is 95.5 Å². The Balaban J connectivity index is 1.76. The molecule has 6 nitrogen and oxygen atoms in total. The van der Waals surface area contributed by atoms with Crippen LogP contribution in [-0.4, -0.2) is 28.1 Å². The molecule has 2 aromatic rings. The average Bonchev–Trinajstić information content (AvgIpc) is 2.88. The van der Waals surface area contributed by atoms with Crippen molar-refractivity contribution in [3.05, 3.63) is 65.2 Å². The van der Waals surface area contributed by atoms with E-state index < -0.39 is 75.6 Å². The van der Waals surface area contributed by atoms with Crippen molar-refractivity contribution in [2.45, 2.75) is 42.5 Å². The predicted octanol–water partition coefficient (Wildman–Crippen LogP) is 6.38. The van der Waals surface area contributed by atoms with Gasteiger partial charge in [0.1, 0.15) is 11.3 Å². The van der Waals surface area contributed by atoms with Gasteiger partial charge in [-0.25, -0.2) is 17.6 Å². The Morgan fingerprint density at radius 1 is 0.974 bits per heavy atom. The number of anilines is 2. The van der Waals surface area contributed by atoms with Gasteiger partial charge in [-0.1, -0.05) is 25.1 Å². The number of hydrogen-bond acceptors (Lipinski definition) is 4. The SMILES string of the molecule is CCC(Sc1cccc(NC(=O)C2CC=CCC2C(=O)O)c1)C(=O)Nc1c(F)c(F)c(C(F)(F)F)c(F)c1F. The maximum Gasteiger partial charge on any atom is 0.422 e. The number of rotatable bonds is 8. The second-order valence-electron chi connectivity index (χ2n) is 8.52. The van der Waals surface area contributed by atoms with Crippen molar-refractivity contribution in [3.63, 3.8) is 0 Å². The summed E-state index contributed by atoms with van der Waals surface area (Å²) in [7, 11) is 0. The summed E-state index contributed by atoms with van der Waals surface area (Å²) < 4.78 is 94.6. The monoisotopic (exact) mass is 578 g/mol. The first-order valence-corrected chi connectivity index (χ1v) is 12.3. The normalized spacial score (nSPS) is 17.9. The Bertz CT molecular complexity index is 1290. The van der Waals surface area contributed by atoms with Crippen LogP contribution in [0, 0.1) is 35.1 Å². The summed E-state index contributed by atoms with van der Waals surface area (Å²) in [6.07, 6.45) is -1.88. The third-order valence-electron chi connectivity index (χ3n) is 5.92. The van der Waals surface area contributed by atoms with Crippen molar-refractivity contribution in [1.29, 1.82) is 0 Å². The van der Waals surface area contributed by atoms with Gasteiger partial charge in [0.15, 0.2) is 23.3 Å². The first kappa shape index (κ1) is 30.0. The van der Waals surface area contributed by atoms with Crippen LogP contribution in [0.25, 0.3) is 0 Å². The molecule has 0 radical (unpaired) electrons. The maximum absolute atomic E-state index is 14.2. The zero-order chi connectivity index (χ0) is 29.1. The van der Waals surface area contributed by atoms with Gasteiger partial charge in [0.05, 0.1) is 17.1 Å². The highest BCUT2D eigenvalue weighted by Crippen LogP contribution is 2.39. The fourth-order valence-corrected chi connectivity index (χ4v) is 4.95. The summed E-state index contributed by atoms with van der Waals surface area (Å²) in [5.74, 6) is -14.7. The largest absolute Gasteiger partial charge is 0.481 e. The molecule has 0 fully saturated rings. The molecule has 0 spiro atoms. The molecule has 2 amide bonds. The fraction of sp³-hybridized carbons (Fsp3) is 0.320. The minimum Gasteiger partial charge on any atom is -0.481 e. The quantitative estimate of drug-likeness (QED) is 0.146. The van der Waals surface area contributed by atoms with E-state index in [1.165, 1.54) is 31.2 Å². The van der Waals surface area contributed by atoms with Crippen LogP contribution in [0.5, 0.6) is 0 Å². The van der Waals surface area contributed by atoms with Crippen LogP contribution in [0.3, 0.4) is 0 Å². The minimum absolute atomic E-state index is 0.0244. The number of benzene rings is 2. The zero-order valence-electron chi connectivity index (χ0n) is 20.0. The third kappa shape index (κ3) is 6.72. The highest BCUT2D eigenvalue weighted by atomic mass is 32.2. The molecule has 210 valence electrons. The lowest BCUT2D eigenvalue weighted by Crippen LogP contribution is -2.34. The minimum atomic E-state index is -5.72. The smallest absolute Gasteiger partial charge is 0.422 e. The second-order valence-corrected chi connectivity index (χ2v) is 9.79. The number of carboxylic acids is 1. The molecule has 3 N–H and O–H groups in total. The molecule has 3 rings (SSSR count). The Morgan fingerprint density at radius 2 is 1.56 bits per heavy atom. The molecule has 0 aliphatic heterocycles. The highest BCUT2D eigenvalue weighted by Gasteiger charge is 2.42. The van der Waals surface area contributed by atoms with Gasteiger partial charge < -0.3 is 15.7 Å². The number of nitrogens with one attached hydrogen (secondary N) is 2. The van der Waals surface area contributed by atoms with Gasteiger partial charge in [0.25, 0.3) is 0 Å². The number of thioether (sulfide) groups is 1. The van der Waals surface area contributed by atoms with E-state index in [-0.39, 0.29) is 24.9 Å². The molecule has 0 bridgehead atoms. The van der Waals surface area contributed by atoms with E-state index in [4.69, 9.17) is 0 Å². The van der Waals surface area contributed by atoms with Crippen LogP contribution < -0.4 is 10.6 Å². The molecular formula is C25H21F7N2O4S. The number of aliphatic carboxylic acids is 1. The second kappa shape index (κ2) is 12.1. The highest BCUT2D eigenvalue weighted by molar-refractivity contribution is 8.00. The first-order valence-electron chi connectivity index (χ1n) is 11.5. The van der Waals surface area contributed by atoms with Gasteiger partial charge in [0, 0.05) is 10.6 Å². The number of halogens is 7. The lowest BCUT2D eigenvalue weighted by molar-refractivity contribution is -0.146. The van der Waals surface area contributed by atoms with Crippen LogP contribution >= 0.6 is 11.8 Å². The van der Waals surface area contributed by atoms with E-state index in [1.807, 2.05) is 0 Å². The fourth-order valence-electron chi connectivity index (χ4n) is 3.94. The molecule has 0 saturated heterocycles. The van der Waals surface area contributed by atoms with Crippen molar-refractivity contribution >= 4 is 40.9 Å². The average molecular weight is 579 g/mol. The number of alkyl halides is 3. The van der Waals surface area contributed by atoms with Gasteiger partial charge in [-0.15, -0.1) is 11.8 Å². The molecule has 0 heterocycles. The van der Waals surface area contributed by atoms with E-state index in [9.17, 15) is 50.2 Å². The van der Waals surface area contributed by atoms with Gasteiger partial charge in [-0.3, -0.25) is 14.4 Å². The Kier molecular flexibility index (Phi) is 9.30. The van der Waals surface area contributed by atoms with Gasteiger partial charge >= 0.3 is 12.1 Å². The molecule has 0 aromatic heterocycles. The molecule has 2 aromatic carbocycles. The van der Waals surface area contributed by atoms with Crippen molar-refractivity contribution in [2.75, 3.05) is 10.6 Å². The zero-order valence-corrected chi connectivity index (χ0v) is 20.9. The maximum atomic E-state index is 14.2. The molecule has 14 heteroatoms. The summed E-state index contributed by atoms with van der Waals surface area (Å²) in [5, 5.41) is 12.5. The van der Waals surface area contributed by atoms with Gasteiger partial charge in [-0.2, -0.15) is 13.2 Å². The van der Waals surface area contributed by atoms with Crippen molar-refractivity contribution < 1.29 is 50.2 Å². The van der Waals surface area contributed by atoms with Crippen molar-refractivity contribution in [1.82, 2.24) is 0 Å². The van der Waals surface area contributed by atoms with E-state index in [2.05, 4.69) is 5.32 Å². The Morgan fingerprint density at radius 3 is 2.10 bits per heavy atom. The van der Waals surface area contributed by atoms with E-state index in [0.29, 0.717) is 4.90 Å². The number of allylic oxidation sites excluding steroid dienone is 2. The molecule has 0 saturated carbocycles. The molecule has 3 unspecified atom stereocenters. The standard InChI is InChI=1S/C25H21F7N2O4S/c1-2-15(23(36)34-21-19(28)17(26)16(25(30,31)32)18(27)20(21)29)39-12-7-5-6-11(10-12)33-22(35)13-8-3-4-9-14(13)24(37)38/h3-7,10,13-15H,2,8-9H2,1H3,(H,33,35)(H,34,36)(H,37,38). The summed E-state index contributed by atoms with van der Waals surface area (Å²) in [6, 6.07) is 6.00. The van der Waals surface area contributed by atoms with Crippen molar-refractivity contribution in [3.8, 4) is 0 Å². The van der Waals surface area contributed by atoms with E-state index in [1.54, 1.807) is 17.5 Å². The predicted molar refractivity (Wildman–Crippen MR) is 128 cm³/mol. The summed E-state index contributed by atoms with van der Waals surface area (Å²) >= 11 is 0.845. The summed E-state index contributed by atoms with van der Waals surface area (Å²) in [6.45, 7) is 1.51. The van der Waals surface area contributed by atoms with Gasteiger partial charge in [-0.05, 0) is 37.5 Å². The van der Waals surface area contributed by atoms with Crippen LogP contribution in [0.4, 0.5) is 42.1 Å². The van der Waals surface area contributed by atoms with Crippen LogP contribution in [0.2, 0.25) is 0 Å². The van der Waals surface area contributed by atoms with Gasteiger partial charge in [0.2, 0.25) is 11.8 Å². The molecule has 3 atom stereocenters. The number of hydrogen-bond donors (Lipinski definition) is 3. The van der Waals surface area contributed by atoms with Crippen LogP contribution in [-0.2, 0) is 20.6 Å². The Hall–Kier alpha value is -3.55. The Labute approximate surface area is 221 Å². The molecule has 1 aliphatic carbocycles. The van der Waals surface area contributed by atoms with E-state index in [0.717, 1.165) is 11.8 Å².